The number of para-hydroxylation sites is 1. The summed E-state index contributed by atoms with van der Waals surface area (Å²) >= 11 is 0. The molecule has 0 amide bonds. The van der Waals surface area contributed by atoms with Crippen molar-refractivity contribution in [3.8, 4) is 5.75 Å². The average molecular weight is 347 g/mol. The zero-order chi connectivity index (χ0) is 17.4. The zero-order valence-corrected chi connectivity index (χ0v) is 15.0. The number of hydrogen-bond acceptors (Lipinski definition) is 4. The molecule has 0 heterocycles. The summed E-state index contributed by atoms with van der Waals surface area (Å²) in [4.78, 5) is 0.820. The van der Waals surface area contributed by atoms with Gasteiger partial charge in [0.05, 0.1) is 10.8 Å². The van der Waals surface area contributed by atoms with Crippen molar-refractivity contribution in [2.24, 2.45) is 0 Å². The molecule has 2 atom stereocenters. The van der Waals surface area contributed by atoms with Gasteiger partial charge in [0.15, 0.2) is 0 Å². The van der Waals surface area contributed by atoms with Gasteiger partial charge in [-0.3, -0.25) is 4.21 Å². The van der Waals surface area contributed by atoms with Crippen molar-refractivity contribution in [1.29, 1.82) is 0 Å². The smallest absolute Gasteiger partial charge is 0.119 e. The minimum atomic E-state index is -1.08. The van der Waals surface area contributed by atoms with Crippen LogP contribution in [-0.4, -0.2) is 39.9 Å². The molecule has 0 spiro atoms. The Morgan fingerprint density at radius 1 is 1.08 bits per heavy atom. The minimum absolute atomic E-state index is 0.217. The Labute approximate surface area is 146 Å². The summed E-state index contributed by atoms with van der Waals surface area (Å²) in [5, 5.41) is 13.3. The molecule has 2 unspecified atom stereocenters. The van der Waals surface area contributed by atoms with E-state index >= 15 is 0 Å². The van der Waals surface area contributed by atoms with E-state index in [1.807, 2.05) is 74.5 Å². The molecule has 0 saturated carbocycles. The number of aliphatic hydroxyl groups is 1. The van der Waals surface area contributed by atoms with E-state index in [0.29, 0.717) is 12.3 Å². The number of aliphatic hydroxyl groups excluding tert-OH is 1. The second-order valence-electron chi connectivity index (χ2n) is 6.35. The summed E-state index contributed by atoms with van der Waals surface area (Å²) in [5.41, 5.74) is -0.353. The quantitative estimate of drug-likeness (QED) is 0.732. The highest BCUT2D eigenvalue weighted by molar-refractivity contribution is 7.85. The Balaban J connectivity index is 1.76. The first kappa shape index (κ1) is 18.6. The SMILES string of the molecule is CC(C)(CS(=O)c1ccccc1)NCC(O)COc1ccccc1. The predicted molar refractivity (Wildman–Crippen MR) is 97.7 cm³/mol. The third kappa shape index (κ3) is 6.43. The van der Waals surface area contributed by atoms with Gasteiger partial charge in [0.25, 0.3) is 0 Å². The van der Waals surface area contributed by atoms with E-state index in [0.717, 1.165) is 10.6 Å². The summed E-state index contributed by atoms with van der Waals surface area (Å²) in [6.07, 6.45) is -0.630. The Bertz CT molecular complexity index is 632. The summed E-state index contributed by atoms with van der Waals surface area (Å²) in [7, 11) is -1.08. The van der Waals surface area contributed by atoms with Crippen molar-refractivity contribution < 1.29 is 14.1 Å². The Morgan fingerprint density at radius 2 is 1.67 bits per heavy atom. The molecule has 24 heavy (non-hydrogen) atoms. The van der Waals surface area contributed by atoms with Crippen LogP contribution in [0.25, 0.3) is 0 Å². The van der Waals surface area contributed by atoms with Crippen LogP contribution in [0.1, 0.15) is 13.8 Å². The molecule has 0 aliphatic heterocycles. The van der Waals surface area contributed by atoms with E-state index in [1.54, 1.807) is 0 Å². The van der Waals surface area contributed by atoms with Crippen molar-refractivity contribution in [3.05, 3.63) is 60.7 Å². The molecule has 2 N–H and O–H groups in total. The van der Waals surface area contributed by atoms with Crippen LogP contribution < -0.4 is 10.1 Å². The average Bonchev–Trinajstić information content (AvgIpc) is 2.59. The molecular formula is C19H25NO3S. The minimum Gasteiger partial charge on any atom is -0.491 e. The monoisotopic (exact) mass is 347 g/mol. The third-order valence-electron chi connectivity index (χ3n) is 3.50. The van der Waals surface area contributed by atoms with Crippen LogP contribution in [0, 0.1) is 0 Å². The molecule has 0 fully saturated rings. The van der Waals surface area contributed by atoms with Crippen molar-refractivity contribution in [1.82, 2.24) is 5.32 Å². The number of hydrogen-bond donors (Lipinski definition) is 2. The van der Waals surface area contributed by atoms with E-state index in [1.165, 1.54) is 0 Å². The maximum absolute atomic E-state index is 12.4. The molecule has 0 aliphatic rings. The molecule has 2 rings (SSSR count). The molecule has 5 heteroatoms. The van der Waals surface area contributed by atoms with Gasteiger partial charge in [0, 0.05) is 22.7 Å². The maximum Gasteiger partial charge on any atom is 0.119 e. The van der Waals surface area contributed by atoms with Crippen LogP contribution in [0.5, 0.6) is 5.75 Å². The predicted octanol–water partition coefficient (Wildman–Crippen LogP) is 2.60. The Hall–Kier alpha value is -1.69. The third-order valence-corrected chi connectivity index (χ3v) is 5.28. The van der Waals surface area contributed by atoms with E-state index in [4.69, 9.17) is 4.74 Å². The van der Waals surface area contributed by atoms with E-state index in [-0.39, 0.29) is 12.1 Å². The molecule has 0 aliphatic carbocycles. The molecule has 0 saturated heterocycles. The first-order chi connectivity index (χ1) is 11.5. The van der Waals surface area contributed by atoms with Crippen molar-refractivity contribution in [2.45, 2.75) is 30.4 Å². The highest BCUT2D eigenvalue weighted by Crippen LogP contribution is 2.13. The fourth-order valence-electron chi connectivity index (χ4n) is 2.20. The first-order valence-electron chi connectivity index (χ1n) is 8.01. The van der Waals surface area contributed by atoms with Gasteiger partial charge in [-0.25, -0.2) is 0 Å². The van der Waals surface area contributed by atoms with Crippen molar-refractivity contribution in [2.75, 3.05) is 18.9 Å². The summed E-state index contributed by atoms with van der Waals surface area (Å²) < 4.78 is 17.9. The van der Waals surface area contributed by atoms with Gasteiger partial charge >= 0.3 is 0 Å². The van der Waals surface area contributed by atoms with Crippen LogP contribution in [-0.2, 0) is 10.8 Å². The number of benzene rings is 2. The molecule has 4 nitrogen and oxygen atoms in total. The zero-order valence-electron chi connectivity index (χ0n) is 14.1. The number of nitrogens with one attached hydrogen (secondary N) is 1. The number of β-amino-alcohol motifs (C(OH)–C–C–N with tert-alkyl or cyclic N) is 1. The van der Waals surface area contributed by atoms with Gasteiger partial charge in [0.2, 0.25) is 0 Å². The lowest BCUT2D eigenvalue weighted by atomic mass is 10.1. The maximum atomic E-state index is 12.4. The molecule has 130 valence electrons. The van der Waals surface area contributed by atoms with Gasteiger partial charge in [-0.1, -0.05) is 36.4 Å². The van der Waals surface area contributed by atoms with Crippen LogP contribution in [0.15, 0.2) is 65.6 Å². The molecule has 0 aromatic heterocycles. The van der Waals surface area contributed by atoms with Crippen molar-refractivity contribution in [3.63, 3.8) is 0 Å². The standard InChI is InChI=1S/C19H25NO3S/c1-19(2,15-24(22)18-11-7-4-8-12-18)20-13-16(21)14-23-17-9-5-3-6-10-17/h3-12,16,20-21H,13-15H2,1-2H3. The van der Waals surface area contributed by atoms with Crippen LogP contribution in [0.4, 0.5) is 0 Å². The first-order valence-corrected chi connectivity index (χ1v) is 9.32. The van der Waals surface area contributed by atoms with Gasteiger partial charge in [-0.2, -0.15) is 0 Å². The fraction of sp³-hybridized carbons (Fsp3) is 0.368. The van der Waals surface area contributed by atoms with Crippen LogP contribution in [0.2, 0.25) is 0 Å². The van der Waals surface area contributed by atoms with Crippen molar-refractivity contribution >= 4 is 10.8 Å². The second-order valence-corrected chi connectivity index (χ2v) is 7.80. The van der Waals surface area contributed by atoms with Gasteiger partial charge in [-0.05, 0) is 38.1 Å². The lowest BCUT2D eigenvalue weighted by Gasteiger charge is -2.27. The largest absolute Gasteiger partial charge is 0.491 e. The van der Waals surface area contributed by atoms with Gasteiger partial charge in [0.1, 0.15) is 18.5 Å². The van der Waals surface area contributed by atoms with E-state index in [9.17, 15) is 9.32 Å². The highest BCUT2D eigenvalue weighted by Gasteiger charge is 2.22. The van der Waals surface area contributed by atoms with Crippen LogP contribution in [0.3, 0.4) is 0 Å². The number of ether oxygens (including phenoxy) is 1. The topological polar surface area (TPSA) is 58.6 Å². The molecular weight excluding hydrogens is 322 g/mol. The Morgan fingerprint density at radius 3 is 2.29 bits per heavy atom. The molecule has 2 aromatic carbocycles. The summed E-state index contributed by atoms with van der Waals surface area (Å²) in [6, 6.07) is 18.8. The summed E-state index contributed by atoms with van der Waals surface area (Å²) in [5.74, 6) is 1.21. The van der Waals surface area contributed by atoms with Crippen LogP contribution >= 0.6 is 0 Å². The molecule has 2 aromatic rings. The highest BCUT2D eigenvalue weighted by atomic mass is 32.2. The van der Waals surface area contributed by atoms with Gasteiger partial charge in [-0.15, -0.1) is 0 Å². The lowest BCUT2D eigenvalue weighted by molar-refractivity contribution is 0.100. The lowest BCUT2D eigenvalue weighted by Crippen LogP contribution is -2.48. The van der Waals surface area contributed by atoms with E-state index < -0.39 is 16.9 Å². The fourth-order valence-corrected chi connectivity index (χ4v) is 3.58. The number of rotatable bonds is 9. The summed E-state index contributed by atoms with van der Waals surface area (Å²) in [6.45, 7) is 4.57. The normalized spacial score (nSPS) is 14.1. The van der Waals surface area contributed by atoms with E-state index in [2.05, 4.69) is 5.32 Å². The van der Waals surface area contributed by atoms with Gasteiger partial charge < -0.3 is 15.2 Å². The Kier molecular flexibility index (Phi) is 6.97. The molecule has 0 radical (unpaired) electrons. The second kappa shape index (κ2) is 8.97. The molecule has 0 bridgehead atoms.